The number of aromatic hydroxyl groups is 1. The molecule has 2 heteroatoms. The molecule has 2 aromatic carbocycles. The highest BCUT2D eigenvalue weighted by atomic mass is 16.5. The molecular weight excluding hydrogens is 296 g/mol. The molecule has 24 heavy (non-hydrogen) atoms. The summed E-state index contributed by atoms with van der Waals surface area (Å²) in [6.07, 6.45) is 8.70. The van der Waals surface area contributed by atoms with Crippen LogP contribution < -0.4 is 4.74 Å². The number of phenols is 1. The van der Waals surface area contributed by atoms with Crippen LogP contribution >= 0.6 is 0 Å². The summed E-state index contributed by atoms with van der Waals surface area (Å²) in [6, 6.07) is 15.4. The van der Waals surface area contributed by atoms with Gasteiger partial charge in [-0.3, -0.25) is 0 Å². The summed E-state index contributed by atoms with van der Waals surface area (Å²) in [5, 5.41) is 9.98. The molecule has 0 aromatic heterocycles. The molecule has 0 aliphatic rings. The molecule has 0 saturated carbocycles. The van der Waals surface area contributed by atoms with Crippen molar-refractivity contribution in [3.05, 3.63) is 54.1 Å². The third kappa shape index (κ3) is 5.30. The zero-order valence-electron chi connectivity index (χ0n) is 15.0. The molecule has 0 aliphatic carbocycles. The van der Waals surface area contributed by atoms with Crippen molar-refractivity contribution in [2.24, 2.45) is 0 Å². The van der Waals surface area contributed by atoms with Crippen LogP contribution in [0.3, 0.4) is 0 Å². The molecule has 0 radical (unpaired) electrons. The average Bonchev–Trinajstić information content (AvgIpc) is 2.60. The third-order valence-corrected chi connectivity index (χ3v) is 4.49. The van der Waals surface area contributed by atoms with E-state index in [0.717, 1.165) is 5.75 Å². The Morgan fingerprint density at radius 1 is 0.792 bits per heavy atom. The fourth-order valence-electron chi connectivity index (χ4n) is 3.19. The van der Waals surface area contributed by atoms with E-state index in [1.807, 2.05) is 30.3 Å². The van der Waals surface area contributed by atoms with Crippen LogP contribution in [0.5, 0.6) is 17.2 Å². The minimum absolute atomic E-state index is 0.183. The molecule has 0 fully saturated rings. The van der Waals surface area contributed by atoms with Gasteiger partial charge in [0.2, 0.25) is 0 Å². The first kappa shape index (κ1) is 18.4. The zero-order chi connectivity index (χ0) is 17.2. The summed E-state index contributed by atoms with van der Waals surface area (Å²) in [7, 11) is 0. The van der Waals surface area contributed by atoms with E-state index in [1.165, 1.54) is 50.5 Å². The van der Waals surface area contributed by atoms with E-state index in [-0.39, 0.29) is 5.75 Å². The van der Waals surface area contributed by atoms with E-state index in [9.17, 15) is 5.11 Å². The number of rotatable bonds is 10. The summed E-state index contributed by atoms with van der Waals surface area (Å²) >= 11 is 0. The van der Waals surface area contributed by atoms with Crippen molar-refractivity contribution in [3.8, 4) is 17.2 Å². The predicted octanol–water partition coefficient (Wildman–Crippen LogP) is 7.04. The third-order valence-electron chi connectivity index (χ3n) is 4.49. The van der Waals surface area contributed by atoms with Crippen LogP contribution in [-0.4, -0.2) is 5.11 Å². The smallest absolute Gasteiger partial charge is 0.169 e. The van der Waals surface area contributed by atoms with Gasteiger partial charge in [-0.2, -0.15) is 0 Å². The lowest BCUT2D eigenvalue weighted by Crippen LogP contribution is -2.02. The van der Waals surface area contributed by atoms with Crippen molar-refractivity contribution in [2.75, 3.05) is 0 Å². The Hall–Kier alpha value is -1.96. The normalized spacial score (nSPS) is 12.1. The van der Waals surface area contributed by atoms with Crippen molar-refractivity contribution < 1.29 is 9.84 Å². The van der Waals surface area contributed by atoms with E-state index in [4.69, 9.17) is 4.74 Å². The highest BCUT2D eigenvalue weighted by molar-refractivity contribution is 5.45. The molecule has 2 nitrogen and oxygen atoms in total. The molecule has 2 rings (SSSR count). The van der Waals surface area contributed by atoms with Gasteiger partial charge in [-0.05, 0) is 42.5 Å². The molecule has 130 valence electrons. The number of unbranched alkanes of at least 4 members (excludes halogenated alkanes) is 3. The minimum atomic E-state index is 0.183. The average molecular weight is 326 g/mol. The molecule has 0 spiro atoms. The Bertz CT molecular complexity index is 606. The van der Waals surface area contributed by atoms with Crippen molar-refractivity contribution >= 4 is 0 Å². The zero-order valence-corrected chi connectivity index (χ0v) is 15.0. The fourth-order valence-corrected chi connectivity index (χ4v) is 3.19. The molecule has 0 amide bonds. The van der Waals surface area contributed by atoms with Crippen LogP contribution in [0.25, 0.3) is 0 Å². The van der Waals surface area contributed by atoms with Gasteiger partial charge in [0.15, 0.2) is 11.5 Å². The lowest BCUT2D eigenvalue weighted by molar-refractivity contribution is 0.403. The number of benzene rings is 2. The SMILES string of the molecule is CCCCCCC(CCC)c1ccccc1Oc1ccccc1O. The molecule has 1 N–H and O–H groups in total. The van der Waals surface area contributed by atoms with Crippen LogP contribution in [0.2, 0.25) is 0 Å². The molecule has 0 heterocycles. The molecule has 2 aromatic rings. The lowest BCUT2D eigenvalue weighted by atomic mass is 9.88. The van der Waals surface area contributed by atoms with Gasteiger partial charge in [0.05, 0.1) is 0 Å². The van der Waals surface area contributed by atoms with Gasteiger partial charge in [-0.15, -0.1) is 0 Å². The Balaban J connectivity index is 2.16. The van der Waals surface area contributed by atoms with Crippen LogP contribution in [0, 0.1) is 0 Å². The largest absolute Gasteiger partial charge is 0.504 e. The first-order valence-corrected chi connectivity index (χ1v) is 9.31. The van der Waals surface area contributed by atoms with E-state index < -0.39 is 0 Å². The van der Waals surface area contributed by atoms with Crippen LogP contribution in [0.1, 0.15) is 70.3 Å². The summed E-state index contributed by atoms with van der Waals surface area (Å²) in [5.41, 5.74) is 1.26. The second-order valence-electron chi connectivity index (χ2n) is 6.44. The number of hydrogen-bond donors (Lipinski definition) is 1. The molecule has 0 saturated heterocycles. The maximum Gasteiger partial charge on any atom is 0.169 e. The second kappa shape index (κ2) is 10.0. The highest BCUT2D eigenvalue weighted by Gasteiger charge is 2.16. The predicted molar refractivity (Wildman–Crippen MR) is 101 cm³/mol. The van der Waals surface area contributed by atoms with Gasteiger partial charge in [0, 0.05) is 0 Å². The van der Waals surface area contributed by atoms with Gasteiger partial charge in [0.1, 0.15) is 5.75 Å². The highest BCUT2D eigenvalue weighted by Crippen LogP contribution is 2.38. The van der Waals surface area contributed by atoms with Crippen LogP contribution in [-0.2, 0) is 0 Å². The number of phenolic OH excluding ortho intramolecular Hbond substituents is 1. The van der Waals surface area contributed by atoms with Crippen molar-refractivity contribution in [3.63, 3.8) is 0 Å². The first-order chi connectivity index (χ1) is 11.8. The quantitative estimate of drug-likeness (QED) is 0.474. The Labute approximate surface area is 146 Å². The Morgan fingerprint density at radius 3 is 2.21 bits per heavy atom. The van der Waals surface area contributed by atoms with E-state index in [2.05, 4.69) is 26.0 Å². The second-order valence-corrected chi connectivity index (χ2v) is 6.44. The molecular formula is C22H30O2. The Morgan fingerprint density at radius 2 is 1.50 bits per heavy atom. The van der Waals surface area contributed by atoms with Crippen molar-refractivity contribution in [2.45, 2.75) is 64.7 Å². The van der Waals surface area contributed by atoms with Gasteiger partial charge < -0.3 is 9.84 Å². The molecule has 0 aliphatic heterocycles. The van der Waals surface area contributed by atoms with E-state index in [1.54, 1.807) is 6.07 Å². The summed E-state index contributed by atoms with van der Waals surface area (Å²) < 4.78 is 6.05. The summed E-state index contributed by atoms with van der Waals surface area (Å²) in [6.45, 7) is 4.49. The lowest BCUT2D eigenvalue weighted by Gasteiger charge is -2.20. The summed E-state index contributed by atoms with van der Waals surface area (Å²) in [4.78, 5) is 0. The van der Waals surface area contributed by atoms with E-state index in [0.29, 0.717) is 11.7 Å². The fraction of sp³-hybridized carbons (Fsp3) is 0.455. The number of ether oxygens (including phenoxy) is 1. The van der Waals surface area contributed by atoms with Crippen molar-refractivity contribution in [1.82, 2.24) is 0 Å². The number of para-hydroxylation sites is 3. The van der Waals surface area contributed by atoms with Gasteiger partial charge >= 0.3 is 0 Å². The first-order valence-electron chi connectivity index (χ1n) is 9.31. The topological polar surface area (TPSA) is 29.5 Å². The monoisotopic (exact) mass is 326 g/mol. The molecule has 1 unspecified atom stereocenters. The standard InChI is InChI=1S/C22H30O2/c1-3-5-6-7-13-18(12-4-2)19-14-8-10-16-21(19)24-22-17-11-9-15-20(22)23/h8-11,14-18,23H,3-7,12-13H2,1-2H3. The van der Waals surface area contributed by atoms with Gasteiger partial charge in [0.25, 0.3) is 0 Å². The van der Waals surface area contributed by atoms with Gasteiger partial charge in [-0.25, -0.2) is 0 Å². The van der Waals surface area contributed by atoms with Crippen LogP contribution in [0.4, 0.5) is 0 Å². The Kier molecular flexibility index (Phi) is 7.67. The number of hydrogen-bond acceptors (Lipinski definition) is 2. The van der Waals surface area contributed by atoms with Crippen LogP contribution in [0.15, 0.2) is 48.5 Å². The maximum absolute atomic E-state index is 9.98. The molecule has 0 bridgehead atoms. The molecule has 1 atom stereocenters. The maximum atomic E-state index is 9.98. The minimum Gasteiger partial charge on any atom is -0.504 e. The van der Waals surface area contributed by atoms with Gasteiger partial charge in [-0.1, -0.05) is 76.3 Å². The van der Waals surface area contributed by atoms with E-state index >= 15 is 0 Å². The summed E-state index contributed by atoms with van der Waals surface area (Å²) in [5.74, 6) is 2.09. The van der Waals surface area contributed by atoms with Crippen molar-refractivity contribution in [1.29, 1.82) is 0 Å².